The number of aryl methyl sites for hydroxylation is 1. The maximum Gasteiger partial charge on any atom is 0.269 e. The molecule has 3 aromatic rings. The lowest BCUT2D eigenvalue weighted by Gasteiger charge is -2.39. The number of anilines is 1. The summed E-state index contributed by atoms with van der Waals surface area (Å²) in [6, 6.07) is 9.91. The normalized spacial score (nSPS) is 20.9. The van der Waals surface area contributed by atoms with Crippen molar-refractivity contribution in [2.24, 2.45) is 0 Å². The third-order valence-electron chi connectivity index (χ3n) is 7.23. The van der Waals surface area contributed by atoms with Crippen molar-refractivity contribution < 1.29 is 9.18 Å². The second-order valence-electron chi connectivity index (χ2n) is 9.51. The molecule has 2 atom stereocenters. The zero-order valence-corrected chi connectivity index (χ0v) is 20.0. The average Bonchev–Trinajstić information content (AvgIpc) is 3.38. The van der Waals surface area contributed by atoms with Crippen LogP contribution in [0.4, 0.5) is 10.1 Å². The number of piperazine rings is 1. The first-order chi connectivity index (χ1) is 17.0. The van der Waals surface area contributed by atoms with E-state index in [-0.39, 0.29) is 23.9 Å². The van der Waals surface area contributed by atoms with Crippen LogP contribution in [0, 0.1) is 6.92 Å². The summed E-state index contributed by atoms with van der Waals surface area (Å²) in [7, 11) is 0. The molecular weight excluding hydrogens is 447 g/mol. The minimum Gasteiger partial charge on any atom is -0.368 e. The SMILES string of the molecule is Cc1ccc2nc(C3CC[C@@H](N4CCN(c5ccc(C(=O)NCCF)nc5)CC4)C3)[nH]c(=O)c2c1. The zero-order valence-electron chi connectivity index (χ0n) is 20.0. The minimum atomic E-state index is -0.591. The van der Waals surface area contributed by atoms with Crippen molar-refractivity contribution in [1.82, 2.24) is 25.2 Å². The van der Waals surface area contributed by atoms with Crippen LogP contribution in [0.5, 0.6) is 0 Å². The summed E-state index contributed by atoms with van der Waals surface area (Å²) in [6.45, 7) is 5.08. The molecule has 1 saturated carbocycles. The predicted octanol–water partition coefficient (Wildman–Crippen LogP) is 2.78. The average molecular weight is 479 g/mol. The van der Waals surface area contributed by atoms with E-state index in [1.54, 1.807) is 12.3 Å². The number of pyridine rings is 1. The van der Waals surface area contributed by atoms with Crippen molar-refractivity contribution in [3.63, 3.8) is 0 Å². The topological polar surface area (TPSA) is 94.2 Å². The number of hydrogen-bond donors (Lipinski definition) is 2. The molecule has 1 aliphatic heterocycles. The molecule has 2 N–H and O–H groups in total. The van der Waals surface area contributed by atoms with Gasteiger partial charge in [0.25, 0.3) is 11.5 Å². The van der Waals surface area contributed by atoms with Crippen molar-refractivity contribution in [2.45, 2.75) is 38.1 Å². The number of benzene rings is 1. The Morgan fingerprint density at radius 1 is 1.17 bits per heavy atom. The van der Waals surface area contributed by atoms with Gasteiger partial charge in [-0.1, -0.05) is 11.6 Å². The molecule has 2 aromatic heterocycles. The first kappa shape index (κ1) is 23.4. The summed E-state index contributed by atoms with van der Waals surface area (Å²) in [6.07, 6.45) is 4.85. The highest BCUT2D eigenvalue weighted by Crippen LogP contribution is 2.36. The van der Waals surface area contributed by atoms with Crippen LogP contribution in [-0.2, 0) is 0 Å². The van der Waals surface area contributed by atoms with Crippen LogP contribution in [0.1, 0.15) is 47.1 Å². The molecule has 184 valence electrons. The van der Waals surface area contributed by atoms with E-state index in [1.165, 1.54) is 0 Å². The maximum atomic E-state index is 12.6. The van der Waals surface area contributed by atoms with Gasteiger partial charge in [-0.15, -0.1) is 0 Å². The number of nitrogens with zero attached hydrogens (tertiary/aromatic N) is 4. The number of nitrogens with one attached hydrogen (secondary N) is 2. The second kappa shape index (κ2) is 10.1. The van der Waals surface area contributed by atoms with E-state index in [1.807, 2.05) is 31.2 Å². The highest BCUT2D eigenvalue weighted by molar-refractivity contribution is 5.92. The Bertz CT molecular complexity index is 1250. The van der Waals surface area contributed by atoms with Crippen LogP contribution in [0.15, 0.2) is 41.3 Å². The van der Waals surface area contributed by atoms with Gasteiger partial charge in [-0.3, -0.25) is 14.5 Å². The van der Waals surface area contributed by atoms with Crippen LogP contribution in [-0.4, -0.2) is 71.2 Å². The molecule has 1 unspecified atom stereocenters. The van der Waals surface area contributed by atoms with E-state index in [4.69, 9.17) is 4.98 Å². The van der Waals surface area contributed by atoms with Gasteiger partial charge in [0.15, 0.2) is 0 Å². The third kappa shape index (κ3) is 5.05. The molecule has 8 nitrogen and oxygen atoms in total. The van der Waals surface area contributed by atoms with Crippen molar-refractivity contribution in [3.05, 3.63) is 64.0 Å². The van der Waals surface area contributed by atoms with Crippen LogP contribution in [0.2, 0.25) is 0 Å². The van der Waals surface area contributed by atoms with Gasteiger partial charge in [0.05, 0.1) is 22.8 Å². The molecule has 3 heterocycles. The maximum absolute atomic E-state index is 12.6. The second-order valence-corrected chi connectivity index (χ2v) is 9.51. The summed E-state index contributed by atoms with van der Waals surface area (Å²) in [5, 5.41) is 3.15. The number of halogens is 1. The Balaban J connectivity index is 1.17. The van der Waals surface area contributed by atoms with E-state index in [0.717, 1.165) is 68.0 Å². The van der Waals surface area contributed by atoms with E-state index >= 15 is 0 Å². The summed E-state index contributed by atoms with van der Waals surface area (Å²) in [5.74, 6) is 0.734. The largest absolute Gasteiger partial charge is 0.368 e. The van der Waals surface area contributed by atoms with Crippen LogP contribution in [0.25, 0.3) is 10.9 Å². The first-order valence-corrected chi connectivity index (χ1v) is 12.3. The quantitative estimate of drug-likeness (QED) is 0.566. The fourth-order valence-corrected chi connectivity index (χ4v) is 5.31. The molecule has 9 heteroatoms. The number of amides is 1. The number of aromatic amines is 1. The monoisotopic (exact) mass is 478 g/mol. The summed E-state index contributed by atoms with van der Waals surface area (Å²) in [4.78, 5) is 41.5. The number of carbonyl (C=O) groups excluding carboxylic acids is 1. The fourth-order valence-electron chi connectivity index (χ4n) is 5.31. The standard InChI is InChI=1S/C26H31FN6O2/c1-17-2-6-22-21(14-17)25(34)31-24(30-22)18-3-4-19(15-18)32-10-12-33(13-11-32)20-5-7-23(29-16-20)26(35)28-9-8-27/h2,5-7,14,16,18-19H,3-4,8-13,15H2,1H3,(H,28,35)(H,30,31,34)/t18?,19-/m1/s1. The van der Waals surface area contributed by atoms with Gasteiger partial charge in [-0.2, -0.15) is 0 Å². The van der Waals surface area contributed by atoms with Crippen molar-refractivity contribution in [2.75, 3.05) is 44.3 Å². The summed E-state index contributed by atoms with van der Waals surface area (Å²) >= 11 is 0. The smallest absolute Gasteiger partial charge is 0.269 e. The molecule has 0 radical (unpaired) electrons. The van der Waals surface area contributed by atoms with Crippen LogP contribution < -0.4 is 15.8 Å². The Morgan fingerprint density at radius 3 is 2.74 bits per heavy atom. The zero-order chi connectivity index (χ0) is 24.4. The first-order valence-electron chi connectivity index (χ1n) is 12.3. The van der Waals surface area contributed by atoms with Gasteiger partial charge in [0.1, 0.15) is 18.2 Å². The molecular formula is C26H31FN6O2. The number of rotatable bonds is 6. The number of aromatic nitrogens is 3. The van der Waals surface area contributed by atoms with Crippen molar-refractivity contribution in [1.29, 1.82) is 0 Å². The van der Waals surface area contributed by atoms with E-state index < -0.39 is 6.67 Å². The molecule has 1 aliphatic carbocycles. The van der Waals surface area contributed by atoms with E-state index in [9.17, 15) is 14.0 Å². The Kier molecular flexibility index (Phi) is 6.77. The molecule has 5 rings (SSSR count). The molecule has 35 heavy (non-hydrogen) atoms. The number of carbonyl (C=O) groups is 1. The van der Waals surface area contributed by atoms with Gasteiger partial charge in [0, 0.05) is 44.7 Å². The lowest BCUT2D eigenvalue weighted by Crippen LogP contribution is -2.49. The van der Waals surface area contributed by atoms with Crippen molar-refractivity contribution in [3.8, 4) is 0 Å². The molecule has 1 aromatic carbocycles. The lowest BCUT2D eigenvalue weighted by molar-refractivity contribution is 0.0946. The van der Waals surface area contributed by atoms with Gasteiger partial charge in [-0.05, 0) is 50.5 Å². The minimum absolute atomic E-state index is 0.00104. The molecule has 0 bridgehead atoms. The fraction of sp³-hybridized carbons (Fsp3) is 0.462. The molecule has 2 aliphatic rings. The summed E-state index contributed by atoms with van der Waals surface area (Å²) < 4.78 is 12.2. The van der Waals surface area contributed by atoms with Gasteiger partial charge < -0.3 is 15.2 Å². The van der Waals surface area contributed by atoms with Crippen LogP contribution >= 0.6 is 0 Å². The molecule has 1 saturated heterocycles. The van der Waals surface area contributed by atoms with Crippen molar-refractivity contribution >= 4 is 22.5 Å². The van der Waals surface area contributed by atoms with Crippen LogP contribution in [0.3, 0.4) is 0 Å². The van der Waals surface area contributed by atoms with E-state index in [0.29, 0.717) is 17.1 Å². The Labute approximate surface area is 203 Å². The van der Waals surface area contributed by atoms with E-state index in [2.05, 4.69) is 25.1 Å². The predicted molar refractivity (Wildman–Crippen MR) is 134 cm³/mol. The number of alkyl halides is 1. The van der Waals surface area contributed by atoms with Gasteiger partial charge in [-0.25, -0.2) is 14.4 Å². The molecule has 1 amide bonds. The molecule has 0 spiro atoms. The Morgan fingerprint density at radius 2 is 2.00 bits per heavy atom. The third-order valence-corrected chi connectivity index (χ3v) is 7.23. The van der Waals surface area contributed by atoms with Gasteiger partial charge in [0.2, 0.25) is 0 Å². The van der Waals surface area contributed by atoms with Gasteiger partial charge >= 0.3 is 0 Å². The Hall–Kier alpha value is -3.33. The highest BCUT2D eigenvalue weighted by Gasteiger charge is 2.33. The number of H-pyrrole nitrogens is 1. The number of hydrogen-bond acceptors (Lipinski definition) is 6. The summed E-state index contributed by atoms with van der Waals surface area (Å²) in [5.41, 5.74) is 3.07. The lowest BCUT2D eigenvalue weighted by atomic mass is 10.1. The number of fused-ring (bicyclic) bond motifs is 1. The highest BCUT2D eigenvalue weighted by atomic mass is 19.1. The molecule has 2 fully saturated rings.